The number of benzene rings is 2. The molecule has 1 saturated carbocycles. The van der Waals surface area contributed by atoms with Crippen LogP contribution in [0.25, 0.3) is 11.1 Å². The first-order chi connectivity index (χ1) is 13.2. The highest BCUT2D eigenvalue weighted by molar-refractivity contribution is 5.67. The lowest BCUT2D eigenvalue weighted by Crippen LogP contribution is -2.42. The zero-order valence-electron chi connectivity index (χ0n) is 15.8. The van der Waals surface area contributed by atoms with Crippen molar-refractivity contribution in [2.45, 2.75) is 56.6 Å². The molecule has 5 rings (SSSR count). The first kappa shape index (κ1) is 16.8. The van der Waals surface area contributed by atoms with Crippen molar-refractivity contribution >= 4 is 0 Å². The van der Waals surface area contributed by atoms with E-state index in [1.165, 1.54) is 49.9 Å². The van der Waals surface area contributed by atoms with Crippen molar-refractivity contribution < 1.29 is 4.74 Å². The van der Waals surface area contributed by atoms with Gasteiger partial charge in [0.2, 0.25) is 0 Å². The van der Waals surface area contributed by atoms with E-state index in [0.29, 0.717) is 5.56 Å². The maximum atomic E-state index is 8.99. The molecule has 2 aromatic carbocycles. The van der Waals surface area contributed by atoms with E-state index in [1.54, 1.807) is 0 Å². The highest BCUT2D eigenvalue weighted by Crippen LogP contribution is 2.43. The fourth-order valence-corrected chi connectivity index (χ4v) is 4.91. The first-order valence-corrected chi connectivity index (χ1v) is 10.3. The van der Waals surface area contributed by atoms with Crippen LogP contribution in [0.1, 0.15) is 49.7 Å². The molecule has 2 heterocycles. The average Bonchev–Trinajstić information content (AvgIpc) is 2.90. The molecule has 0 radical (unpaired) electrons. The monoisotopic (exact) mass is 358 g/mol. The van der Waals surface area contributed by atoms with Crippen molar-refractivity contribution in [3.8, 4) is 22.9 Å². The summed E-state index contributed by atoms with van der Waals surface area (Å²) in [6.07, 6.45) is 8.79. The van der Waals surface area contributed by atoms with Gasteiger partial charge < -0.3 is 9.64 Å². The fourth-order valence-electron chi connectivity index (χ4n) is 4.91. The van der Waals surface area contributed by atoms with E-state index in [1.807, 2.05) is 24.3 Å². The summed E-state index contributed by atoms with van der Waals surface area (Å²) in [5, 5.41) is 8.99. The molecule has 3 heteroatoms. The molecule has 1 saturated heterocycles. The zero-order chi connectivity index (χ0) is 18.3. The SMILES string of the molecule is N#Cc1ccc(-c2ccc3c(c2)OC2(CCCN(C4CCC4)CC2)C3)cc1. The highest BCUT2D eigenvalue weighted by atomic mass is 16.5. The lowest BCUT2D eigenvalue weighted by Gasteiger charge is -2.37. The van der Waals surface area contributed by atoms with Crippen molar-refractivity contribution in [2.75, 3.05) is 13.1 Å². The third kappa shape index (κ3) is 3.13. The second-order valence-corrected chi connectivity index (χ2v) is 8.45. The lowest BCUT2D eigenvalue weighted by molar-refractivity contribution is 0.0695. The summed E-state index contributed by atoms with van der Waals surface area (Å²) in [4.78, 5) is 2.72. The summed E-state index contributed by atoms with van der Waals surface area (Å²) < 4.78 is 6.62. The summed E-state index contributed by atoms with van der Waals surface area (Å²) in [6.45, 7) is 2.42. The van der Waals surface area contributed by atoms with Gasteiger partial charge in [0.1, 0.15) is 11.4 Å². The Morgan fingerprint density at radius 2 is 1.78 bits per heavy atom. The molecule has 0 N–H and O–H groups in total. The van der Waals surface area contributed by atoms with Crippen molar-refractivity contribution in [3.63, 3.8) is 0 Å². The Morgan fingerprint density at radius 1 is 0.963 bits per heavy atom. The van der Waals surface area contributed by atoms with Gasteiger partial charge in [-0.1, -0.05) is 30.7 Å². The molecule has 138 valence electrons. The van der Waals surface area contributed by atoms with Crippen LogP contribution in [0.2, 0.25) is 0 Å². The molecule has 3 aliphatic rings. The van der Waals surface area contributed by atoms with Crippen LogP contribution in [0, 0.1) is 11.3 Å². The minimum Gasteiger partial charge on any atom is -0.487 e. The van der Waals surface area contributed by atoms with Crippen LogP contribution in [0.3, 0.4) is 0 Å². The Balaban J connectivity index is 1.34. The van der Waals surface area contributed by atoms with Gasteiger partial charge in [-0.25, -0.2) is 0 Å². The number of hydrogen-bond donors (Lipinski definition) is 0. The number of nitrogens with zero attached hydrogens (tertiary/aromatic N) is 2. The van der Waals surface area contributed by atoms with E-state index in [9.17, 15) is 0 Å². The number of rotatable bonds is 2. The van der Waals surface area contributed by atoms with Crippen molar-refractivity contribution in [1.29, 1.82) is 5.26 Å². The van der Waals surface area contributed by atoms with Gasteiger partial charge in [0.25, 0.3) is 0 Å². The summed E-state index contributed by atoms with van der Waals surface area (Å²) >= 11 is 0. The van der Waals surface area contributed by atoms with Gasteiger partial charge in [0, 0.05) is 25.4 Å². The largest absolute Gasteiger partial charge is 0.487 e. The van der Waals surface area contributed by atoms with Gasteiger partial charge in [-0.3, -0.25) is 0 Å². The fraction of sp³-hybridized carbons (Fsp3) is 0.458. The molecule has 1 unspecified atom stereocenters. The quantitative estimate of drug-likeness (QED) is 0.763. The Labute approximate surface area is 161 Å². The molecule has 1 spiro atoms. The highest BCUT2D eigenvalue weighted by Gasteiger charge is 2.41. The average molecular weight is 358 g/mol. The van der Waals surface area contributed by atoms with Crippen molar-refractivity contribution in [1.82, 2.24) is 4.90 Å². The van der Waals surface area contributed by atoms with Crippen LogP contribution in [0.15, 0.2) is 42.5 Å². The molecule has 0 aromatic heterocycles. The van der Waals surface area contributed by atoms with Crippen LogP contribution in [0.4, 0.5) is 0 Å². The Bertz CT molecular complexity index is 878. The predicted octanol–water partition coefficient (Wildman–Crippen LogP) is 4.94. The van der Waals surface area contributed by atoms with Crippen LogP contribution >= 0.6 is 0 Å². The Hall–Kier alpha value is -2.31. The summed E-state index contributed by atoms with van der Waals surface area (Å²) in [7, 11) is 0. The normalized spacial score (nSPS) is 25.3. The molecular weight excluding hydrogens is 332 g/mol. The van der Waals surface area contributed by atoms with Gasteiger partial charge in [-0.2, -0.15) is 5.26 Å². The number of hydrogen-bond acceptors (Lipinski definition) is 3. The smallest absolute Gasteiger partial charge is 0.124 e. The van der Waals surface area contributed by atoms with Gasteiger partial charge in [0.05, 0.1) is 11.6 Å². The zero-order valence-corrected chi connectivity index (χ0v) is 15.8. The Morgan fingerprint density at radius 3 is 2.52 bits per heavy atom. The van der Waals surface area contributed by atoms with Crippen LogP contribution in [-0.2, 0) is 6.42 Å². The Kier molecular flexibility index (Phi) is 4.17. The molecule has 3 nitrogen and oxygen atoms in total. The first-order valence-electron chi connectivity index (χ1n) is 10.3. The summed E-state index contributed by atoms with van der Waals surface area (Å²) in [6, 6.07) is 17.5. The molecule has 1 atom stereocenters. The minimum atomic E-state index is 0.00409. The van der Waals surface area contributed by atoms with E-state index >= 15 is 0 Å². The van der Waals surface area contributed by atoms with Gasteiger partial charge >= 0.3 is 0 Å². The molecular formula is C24H26N2O. The number of ether oxygens (including phenoxy) is 1. The van der Waals surface area contributed by atoms with Crippen molar-refractivity contribution in [3.05, 3.63) is 53.6 Å². The van der Waals surface area contributed by atoms with E-state index in [2.05, 4.69) is 29.2 Å². The van der Waals surface area contributed by atoms with Gasteiger partial charge in [-0.05, 0) is 67.1 Å². The molecule has 2 aliphatic heterocycles. The van der Waals surface area contributed by atoms with E-state index in [0.717, 1.165) is 36.6 Å². The van der Waals surface area contributed by atoms with E-state index < -0.39 is 0 Å². The minimum absolute atomic E-state index is 0.00409. The summed E-state index contributed by atoms with van der Waals surface area (Å²) in [5.74, 6) is 1.06. The van der Waals surface area contributed by atoms with Gasteiger partial charge in [0.15, 0.2) is 0 Å². The third-order valence-electron chi connectivity index (χ3n) is 6.78. The number of fused-ring (bicyclic) bond motifs is 1. The van der Waals surface area contributed by atoms with E-state index in [4.69, 9.17) is 10.00 Å². The molecule has 0 bridgehead atoms. The molecule has 0 amide bonds. The second kappa shape index (κ2) is 6.69. The number of nitriles is 1. The molecule has 2 fully saturated rings. The second-order valence-electron chi connectivity index (χ2n) is 8.45. The molecule has 1 aliphatic carbocycles. The maximum Gasteiger partial charge on any atom is 0.124 e. The standard InChI is InChI=1S/C24H26N2O/c25-17-18-5-7-19(8-6-18)20-9-10-21-16-24(27-23(21)15-20)11-2-13-26(14-12-24)22-3-1-4-22/h5-10,15,22H,1-4,11-14,16H2. The molecule has 2 aromatic rings. The third-order valence-corrected chi connectivity index (χ3v) is 6.78. The van der Waals surface area contributed by atoms with Gasteiger partial charge in [-0.15, -0.1) is 0 Å². The lowest BCUT2D eigenvalue weighted by atomic mass is 9.89. The maximum absolute atomic E-state index is 8.99. The number of likely N-dealkylation sites (tertiary alicyclic amines) is 1. The summed E-state index contributed by atoms with van der Waals surface area (Å²) in [5.41, 5.74) is 4.36. The van der Waals surface area contributed by atoms with Crippen LogP contribution < -0.4 is 4.74 Å². The van der Waals surface area contributed by atoms with Crippen LogP contribution in [-0.4, -0.2) is 29.6 Å². The van der Waals surface area contributed by atoms with Crippen LogP contribution in [0.5, 0.6) is 5.75 Å². The van der Waals surface area contributed by atoms with Crippen molar-refractivity contribution in [2.24, 2.45) is 0 Å². The van der Waals surface area contributed by atoms with E-state index in [-0.39, 0.29) is 5.60 Å². The predicted molar refractivity (Wildman–Crippen MR) is 107 cm³/mol. The molecule has 27 heavy (non-hydrogen) atoms. The topological polar surface area (TPSA) is 36.3 Å².